The first kappa shape index (κ1) is 21.9. The van der Waals surface area contributed by atoms with E-state index in [0.717, 1.165) is 15.7 Å². The second kappa shape index (κ2) is 8.89. The zero-order valence-corrected chi connectivity index (χ0v) is 19.0. The Balaban J connectivity index is 1.97. The van der Waals surface area contributed by atoms with E-state index in [1.807, 2.05) is 39.1 Å². The fourth-order valence-electron chi connectivity index (χ4n) is 2.93. The fourth-order valence-corrected chi connectivity index (χ4v) is 3.49. The van der Waals surface area contributed by atoms with Gasteiger partial charge >= 0.3 is 0 Å². The van der Waals surface area contributed by atoms with Crippen LogP contribution in [0.15, 0.2) is 53.1 Å². The van der Waals surface area contributed by atoms with Gasteiger partial charge in [0.05, 0.1) is 29.0 Å². The Kier molecular flexibility index (Phi) is 6.48. The number of nitrogens with one attached hydrogen (secondary N) is 1. The molecule has 0 unspecified atom stereocenters. The molecule has 0 saturated carbocycles. The van der Waals surface area contributed by atoms with Crippen LogP contribution in [0.5, 0.6) is 11.5 Å². The summed E-state index contributed by atoms with van der Waals surface area (Å²) in [5.74, 6) is 0.891. The van der Waals surface area contributed by atoms with Gasteiger partial charge in [-0.2, -0.15) is 5.10 Å². The molecule has 158 valence electrons. The number of aromatic nitrogens is 2. The van der Waals surface area contributed by atoms with Crippen LogP contribution in [-0.4, -0.2) is 34.9 Å². The number of methoxy groups -OCH3 is 1. The van der Waals surface area contributed by atoms with Crippen molar-refractivity contribution in [2.45, 2.75) is 19.4 Å². The van der Waals surface area contributed by atoms with Gasteiger partial charge in [-0.15, -0.1) is 0 Å². The number of para-hydroxylation sites is 1. The molecule has 0 atom stereocenters. The predicted octanol–water partition coefficient (Wildman–Crippen LogP) is 4.23. The summed E-state index contributed by atoms with van der Waals surface area (Å²) in [6.07, 6.45) is 1.71. The van der Waals surface area contributed by atoms with Crippen LogP contribution in [0.2, 0.25) is 0 Å². The molecule has 0 radical (unpaired) electrons. The quantitative estimate of drug-likeness (QED) is 0.536. The van der Waals surface area contributed by atoms with Gasteiger partial charge in [0.15, 0.2) is 0 Å². The highest BCUT2D eigenvalue weighted by Gasteiger charge is 2.19. The Morgan fingerprint density at radius 1 is 1.23 bits per heavy atom. The molecule has 2 aromatic carbocycles. The molecular weight excluding hydrogens is 448 g/mol. The van der Waals surface area contributed by atoms with Crippen molar-refractivity contribution in [1.29, 1.82) is 0 Å². The maximum atomic E-state index is 12.8. The summed E-state index contributed by atoms with van der Waals surface area (Å²) < 4.78 is 13.8. The summed E-state index contributed by atoms with van der Waals surface area (Å²) >= 11 is 3.54. The van der Waals surface area contributed by atoms with Gasteiger partial charge < -0.3 is 20.5 Å². The standard InChI is InChI=1S/C22H25BrN4O3/c1-22(2,24)13-30-19-10-9-14(11-16(19)20-17(23)12-25-27(20)3)26-21(28)15-7-5-6-8-18(15)29-4/h5-12H,13,24H2,1-4H3,(H,26,28). The number of aryl methyl sites for hydroxylation is 1. The number of benzene rings is 2. The van der Waals surface area contributed by atoms with E-state index < -0.39 is 5.54 Å². The summed E-state index contributed by atoms with van der Waals surface area (Å²) in [5.41, 5.74) is 8.27. The SMILES string of the molecule is COc1ccccc1C(=O)Nc1ccc(OCC(C)(C)N)c(-c2c(Br)cnn2C)c1. The van der Waals surface area contributed by atoms with Crippen LogP contribution < -0.4 is 20.5 Å². The largest absolute Gasteiger partial charge is 0.496 e. The van der Waals surface area contributed by atoms with Crippen LogP contribution in [0.25, 0.3) is 11.3 Å². The topological polar surface area (TPSA) is 91.4 Å². The second-order valence-electron chi connectivity index (χ2n) is 7.61. The summed E-state index contributed by atoms with van der Waals surface area (Å²) in [4.78, 5) is 12.8. The van der Waals surface area contributed by atoms with Crippen molar-refractivity contribution in [1.82, 2.24) is 9.78 Å². The van der Waals surface area contributed by atoms with Crippen LogP contribution in [-0.2, 0) is 7.05 Å². The highest BCUT2D eigenvalue weighted by Crippen LogP contribution is 2.37. The lowest BCUT2D eigenvalue weighted by Crippen LogP contribution is -2.38. The molecule has 0 spiro atoms. The third-order valence-electron chi connectivity index (χ3n) is 4.34. The minimum atomic E-state index is -0.488. The zero-order valence-electron chi connectivity index (χ0n) is 17.4. The van der Waals surface area contributed by atoms with E-state index in [4.69, 9.17) is 15.2 Å². The normalized spacial score (nSPS) is 11.3. The molecule has 3 N–H and O–H groups in total. The van der Waals surface area contributed by atoms with Gasteiger partial charge in [0, 0.05) is 23.8 Å². The molecule has 0 fully saturated rings. The van der Waals surface area contributed by atoms with Gasteiger partial charge in [-0.1, -0.05) is 12.1 Å². The number of nitrogens with zero attached hydrogens (tertiary/aromatic N) is 2. The molecule has 7 nitrogen and oxygen atoms in total. The molecule has 8 heteroatoms. The molecule has 0 aliphatic rings. The number of rotatable bonds is 7. The smallest absolute Gasteiger partial charge is 0.259 e. The van der Waals surface area contributed by atoms with E-state index >= 15 is 0 Å². The molecular formula is C22H25BrN4O3. The molecule has 3 rings (SSSR count). The predicted molar refractivity (Wildman–Crippen MR) is 121 cm³/mol. The van der Waals surface area contributed by atoms with Gasteiger partial charge in [-0.25, -0.2) is 0 Å². The maximum absolute atomic E-state index is 12.8. The first-order valence-electron chi connectivity index (χ1n) is 9.37. The number of hydrogen-bond acceptors (Lipinski definition) is 5. The Labute approximate surface area is 184 Å². The average molecular weight is 473 g/mol. The summed E-state index contributed by atoms with van der Waals surface area (Å²) in [7, 11) is 3.38. The lowest BCUT2D eigenvalue weighted by atomic mass is 10.1. The van der Waals surface area contributed by atoms with Crippen molar-refractivity contribution >= 4 is 27.5 Å². The Bertz CT molecular complexity index is 1040. The highest BCUT2D eigenvalue weighted by molar-refractivity contribution is 9.10. The average Bonchev–Trinajstić information content (AvgIpc) is 3.04. The van der Waals surface area contributed by atoms with Crippen molar-refractivity contribution in [2.24, 2.45) is 12.8 Å². The van der Waals surface area contributed by atoms with Crippen LogP contribution in [0.1, 0.15) is 24.2 Å². The third-order valence-corrected chi connectivity index (χ3v) is 4.92. The van der Waals surface area contributed by atoms with Gasteiger partial charge in [0.1, 0.15) is 18.1 Å². The summed E-state index contributed by atoms with van der Waals surface area (Å²) in [5, 5.41) is 7.22. The molecule has 0 aliphatic heterocycles. The molecule has 0 bridgehead atoms. The lowest BCUT2D eigenvalue weighted by molar-refractivity contribution is 0.102. The first-order chi connectivity index (χ1) is 14.2. The molecule has 1 aromatic heterocycles. The zero-order chi connectivity index (χ0) is 21.9. The van der Waals surface area contributed by atoms with E-state index in [1.54, 1.807) is 35.1 Å². The Morgan fingerprint density at radius 2 is 1.97 bits per heavy atom. The van der Waals surface area contributed by atoms with Crippen molar-refractivity contribution in [2.75, 3.05) is 19.0 Å². The number of carbonyl (C=O) groups excluding carboxylic acids is 1. The van der Waals surface area contributed by atoms with Gasteiger partial charge in [-0.05, 0) is 60.1 Å². The van der Waals surface area contributed by atoms with E-state index in [1.165, 1.54) is 7.11 Å². The van der Waals surface area contributed by atoms with Crippen LogP contribution in [0, 0.1) is 0 Å². The van der Waals surface area contributed by atoms with E-state index in [2.05, 4.69) is 26.3 Å². The van der Waals surface area contributed by atoms with E-state index in [0.29, 0.717) is 29.4 Å². The number of amides is 1. The first-order valence-corrected chi connectivity index (χ1v) is 10.2. The Morgan fingerprint density at radius 3 is 2.60 bits per heavy atom. The van der Waals surface area contributed by atoms with Crippen LogP contribution in [0.3, 0.4) is 0 Å². The summed E-state index contributed by atoms with van der Waals surface area (Å²) in [6.45, 7) is 4.13. The lowest BCUT2D eigenvalue weighted by Gasteiger charge is -2.21. The van der Waals surface area contributed by atoms with Crippen molar-refractivity contribution in [3.63, 3.8) is 0 Å². The molecule has 1 amide bonds. The third kappa shape index (κ3) is 5.01. The minimum absolute atomic E-state index is 0.265. The number of ether oxygens (including phenoxy) is 2. The number of halogens is 1. The molecule has 3 aromatic rings. The number of carbonyl (C=O) groups is 1. The molecule has 30 heavy (non-hydrogen) atoms. The van der Waals surface area contributed by atoms with Crippen molar-refractivity contribution in [3.05, 3.63) is 58.7 Å². The second-order valence-corrected chi connectivity index (χ2v) is 8.46. The number of anilines is 1. The van der Waals surface area contributed by atoms with Gasteiger partial charge in [0.25, 0.3) is 5.91 Å². The number of nitrogens with two attached hydrogens (primary N) is 1. The highest BCUT2D eigenvalue weighted by atomic mass is 79.9. The molecule has 1 heterocycles. The van der Waals surface area contributed by atoms with Crippen molar-refractivity contribution in [3.8, 4) is 22.8 Å². The molecule has 0 aliphatic carbocycles. The fraction of sp³-hybridized carbons (Fsp3) is 0.273. The monoisotopic (exact) mass is 472 g/mol. The van der Waals surface area contributed by atoms with Gasteiger partial charge in [-0.3, -0.25) is 9.48 Å². The Hall–Kier alpha value is -2.84. The van der Waals surface area contributed by atoms with Crippen LogP contribution >= 0.6 is 15.9 Å². The summed E-state index contributed by atoms with van der Waals surface area (Å²) in [6, 6.07) is 12.5. The van der Waals surface area contributed by atoms with Crippen molar-refractivity contribution < 1.29 is 14.3 Å². The minimum Gasteiger partial charge on any atom is -0.496 e. The van der Waals surface area contributed by atoms with E-state index in [-0.39, 0.29) is 5.91 Å². The van der Waals surface area contributed by atoms with Gasteiger partial charge in [0.2, 0.25) is 0 Å². The maximum Gasteiger partial charge on any atom is 0.259 e. The van der Waals surface area contributed by atoms with Crippen LogP contribution in [0.4, 0.5) is 5.69 Å². The van der Waals surface area contributed by atoms with E-state index in [9.17, 15) is 4.79 Å². The number of hydrogen-bond donors (Lipinski definition) is 2. The molecule has 0 saturated heterocycles.